The summed E-state index contributed by atoms with van der Waals surface area (Å²) in [5, 5.41) is 7.09. The Balaban J connectivity index is 1.64. The van der Waals surface area contributed by atoms with E-state index in [-0.39, 0.29) is 11.9 Å². The molecule has 22 heavy (non-hydrogen) atoms. The molecule has 1 aliphatic heterocycles. The molecule has 1 aliphatic carbocycles. The average molecular weight is 321 g/mol. The van der Waals surface area contributed by atoms with Crippen molar-refractivity contribution in [1.29, 1.82) is 0 Å². The molecule has 0 unspecified atom stereocenters. The van der Waals surface area contributed by atoms with E-state index in [9.17, 15) is 9.59 Å². The summed E-state index contributed by atoms with van der Waals surface area (Å²) in [5.74, 6) is 0.604. The lowest BCUT2D eigenvalue weighted by Gasteiger charge is -2.33. The van der Waals surface area contributed by atoms with Gasteiger partial charge in [-0.2, -0.15) is 11.3 Å². The number of hydrogen-bond acceptors (Lipinski definition) is 4. The second-order valence-electron chi connectivity index (χ2n) is 6.72. The zero-order valence-corrected chi connectivity index (χ0v) is 14.0. The average Bonchev–Trinajstić information content (AvgIpc) is 3.06. The van der Waals surface area contributed by atoms with Gasteiger partial charge in [-0.3, -0.25) is 9.69 Å². The van der Waals surface area contributed by atoms with E-state index in [0.29, 0.717) is 12.6 Å². The summed E-state index contributed by atoms with van der Waals surface area (Å²) in [6, 6.07) is 1.83. The molecule has 1 aromatic heterocycles. The van der Waals surface area contributed by atoms with E-state index >= 15 is 0 Å². The molecule has 1 saturated carbocycles. The number of urea groups is 1. The molecule has 0 aromatic carbocycles. The Morgan fingerprint density at radius 3 is 2.77 bits per heavy atom. The molecule has 1 aromatic rings. The predicted octanol–water partition coefficient (Wildman–Crippen LogP) is 2.64. The molecule has 1 spiro atoms. The molecule has 120 valence electrons. The van der Waals surface area contributed by atoms with Gasteiger partial charge in [0.25, 0.3) is 5.91 Å². The van der Waals surface area contributed by atoms with E-state index in [4.69, 9.17) is 0 Å². The molecule has 3 rings (SSSR count). The fourth-order valence-corrected chi connectivity index (χ4v) is 4.04. The van der Waals surface area contributed by atoms with Gasteiger partial charge in [-0.25, -0.2) is 9.69 Å². The predicted molar refractivity (Wildman–Crippen MR) is 86.4 cm³/mol. The van der Waals surface area contributed by atoms with Crippen LogP contribution in [0.4, 0.5) is 4.79 Å². The van der Waals surface area contributed by atoms with Crippen molar-refractivity contribution in [1.82, 2.24) is 15.1 Å². The van der Waals surface area contributed by atoms with Gasteiger partial charge in [0.2, 0.25) is 0 Å². The summed E-state index contributed by atoms with van der Waals surface area (Å²) < 4.78 is 0. The Morgan fingerprint density at radius 2 is 2.14 bits per heavy atom. The van der Waals surface area contributed by atoms with Crippen LogP contribution in [-0.4, -0.2) is 41.0 Å². The summed E-state index contributed by atoms with van der Waals surface area (Å²) in [6.07, 6.45) is 3.54. The fraction of sp³-hybridized carbons (Fsp3) is 0.625. The van der Waals surface area contributed by atoms with Gasteiger partial charge in [0.15, 0.2) is 0 Å². The van der Waals surface area contributed by atoms with Crippen LogP contribution in [0.5, 0.6) is 0 Å². The molecule has 1 saturated heterocycles. The van der Waals surface area contributed by atoms with Crippen LogP contribution in [0, 0.1) is 5.92 Å². The Bertz CT molecular complexity index is 550. The Hall–Kier alpha value is -1.40. The lowest BCUT2D eigenvalue weighted by Crippen LogP contribution is -2.49. The first kappa shape index (κ1) is 15.5. The number of imide groups is 1. The number of rotatable bonds is 4. The molecule has 5 nitrogen and oxygen atoms in total. The number of hydrogen-bond donors (Lipinski definition) is 1. The summed E-state index contributed by atoms with van der Waals surface area (Å²) in [7, 11) is 1.94. The molecular formula is C16H23N3O2S. The zero-order valence-electron chi connectivity index (χ0n) is 13.2. The van der Waals surface area contributed by atoms with Crippen molar-refractivity contribution in [3.63, 3.8) is 0 Å². The number of nitrogens with one attached hydrogen (secondary N) is 1. The van der Waals surface area contributed by atoms with Gasteiger partial charge in [-0.15, -0.1) is 0 Å². The smallest absolute Gasteiger partial charge is 0.323 e. The van der Waals surface area contributed by atoms with E-state index in [2.05, 4.69) is 23.7 Å². The third-order valence-corrected chi connectivity index (χ3v) is 5.52. The van der Waals surface area contributed by atoms with Gasteiger partial charge in [-0.1, -0.05) is 6.92 Å². The highest BCUT2D eigenvalue weighted by molar-refractivity contribution is 7.07. The molecule has 2 heterocycles. The zero-order chi connectivity index (χ0) is 15.7. The molecule has 1 N–H and O–H groups in total. The Kier molecular flexibility index (Phi) is 4.23. The standard InChI is InChI=1S/C16H23N3O2S/c1-12-3-6-16(7-4-12)14(20)19(15(21)17-16)11-18(2)9-13-5-8-22-10-13/h5,8,10,12H,3-4,6-7,9,11H2,1-2H3,(H,17,21). The number of carbonyl (C=O) groups is 2. The quantitative estimate of drug-likeness (QED) is 0.868. The molecule has 2 fully saturated rings. The van der Waals surface area contributed by atoms with E-state index < -0.39 is 5.54 Å². The van der Waals surface area contributed by atoms with E-state index in [1.807, 2.05) is 17.3 Å². The minimum Gasteiger partial charge on any atom is -0.323 e. The van der Waals surface area contributed by atoms with Crippen molar-refractivity contribution in [2.45, 2.75) is 44.7 Å². The van der Waals surface area contributed by atoms with Crippen molar-refractivity contribution < 1.29 is 9.59 Å². The lowest BCUT2D eigenvalue weighted by molar-refractivity contribution is -0.134. The summed E-state index contributed by atoms with van der Waals surface area (Å²) in [6.45, 7) is 3.29. The number of carbonyl (C=O) groups excluding carboxylic acids is 2. The number of thiophene rings is 1. The topological polar surface area (TPSA) is 52.7 Å². The van der Waals surface area contributed by atoms with Crippen LogP contribution < -0.4 is 5.32 Å². The van der Waals surface area contributed by atoms with E-state index in [0.717, 1.165) is 32.2 Å². The highest BCUT2D eigenvalue weighted by Crippen LogP contribution is 2.36. The number of amides is 3. The van der Waals surface area contributed by atoms with Gasteiger partial charge >= 0.3 is 6.03 Å². The van der Waals surface area contributed by atoms with Crippen molar-refractivity contribution in [3.05, 3.63) is 22.4 Å². The van der Waals surface area contributed by atoms with Crippen molar-refractivity contribution >= 4 is 23.3 Å². The highest BCUT2D eigenvalue weighted by Gasteiger charge is 2.52. The molecule has 0 bridgehead atoms. The van der Waals surface area contributed by atoms with Crippen LogP contribution in [0.1, 0.15) is 38.2 Å². The SMILES string of the molecule is CC1CCC2(CC1)NC(=O)N(CN(C)Cc1ccsc1)C2=O. The maximum atomic E-state index is 12.8. The first-order chi connectivity index (χ1) is 10.5. The molecule has 2 aliphatic rings. The highest BCUT2D eigenvalue weighted by atomic mass is 32.1. The van der Waals surface area contributed by atoms with Crippen LogP contribution in [0.2, 0.25) is 0 Å². The molecule has 3 amide bonds. The lowest BCUT2D eigenvalue weighted by atomic mass is 9.77. The first-order valence-corrected chi connectivity index (χ1v) is 8.78. The molecular weight excluding hydrogens is 298 g/mol. The van der Waals surface area contributed by atoms with Crippen LogP contribution >= 0.6 is 11.3 Å². The van der Waals surface area contributed by atoms with Gasteiger partial charge in [0, 0.05) is 6.54 Å². The first-order valence-electron chi connectivity index (χ1n) is 7.84. The van der Waals surface area contributed by atoms with Gasteiger partial charge in [0.1, 0.15) is 5.54 Å². The monoisotopic (exact) mass is 321 g/mol. The minimum absolute atomic E-state index is 0.0402. The van der Waals surface area contributed by atoms with Gasteiger partial charge in [0.05, 0.1) is 6.67 Å². The van der Waals surface area contributed by atoms with Crippen LogP contribution in [0.3, 0.4) is 0 Å². The van der Waals surface area contributed by atoms with E-state index in [1.54, 1.807) is 11.3 Å². The summed E-state index contributed by atoms with van der Waals surface area (Å²) >= 11 is 1.66. The second-order valence-corrected chi connectivity index (χ2v) is 7.50. The van der Waals surface area contributed by atoms with Gasteiger partial charge in [-0.05, 0) is 61.0 Å². The Labute approximate surface area is 135 Å². The Morgan fingerprint density at radius 1 is 1.41 bits per heavy atom. The summed E-state index contributed by atoms with van der Waals surface area (Å²) in [5.41, 5.74) is 0.577. The van der Waals surface area contributed by atoms with Crippen molar-refractivity contribution in [2.75, 3.05) is 13.7 Å². The minimum atomic E-state index is -0.632. The van der Waals surface area contributed by atoms with Crippen LogP contribution in [0.25, 0.3) is 0 Å². The second kappa shape index (κ2) is 6.01. The molecule has 0 atom stereocenters. The van der Waals surface area contributed by atoms with Gasteiger partial charge < -0.3 is 5.32 Å². The maximum absolute atomic E-state index is 12.8. The van der Waals surface area contributed by atoms with Crippen LogP contribution in [-0.2, 0) is 11.3 Å². The molecule has 0 radical (unpaired) electrons. The largest absolute Gasteiger partial charge is 0.326 e. The number of nitrogens with zero attached hydrogens (tertiary/aromatic N) is 2. The van der Waals surface area contributed by atoms with Crippen molar-refractivity contribution in [2.24, 2.45) is 5.92 Å². The summed E-state index contributed by atoms with van der Waals surface area (Å²) in [4.78, 5) is 28.4. The maximum Gasteiger partial charge on any atom is 0.326 e. The normalized spacial score (nSPS) is 28.7. The fourth-order valence-electron chi connectivity index (χ4n) is 3.38. The van der Waals surface area contributed by atoms with Crippen LogP contribution in [0.15, 0.2) is 16.8 Å². The molecule has 6 heteroatoms. The van der Waals surface area contributed by atoms with Crippen molar-refractivity contribution in [3.8, 4) is 0 Å². The third kappa shape index (κ3) is 2.90. The van der Waals surface area contributed by atoms with E-state index in [1.165, 1.54) is 10.5 Å². The third-order valence-electron chi connectivity index (χ3n) is 4.79.